The molecule has 0 spiro atoms. The Morgan fingerprint density at radius 1 is 1.03 bits per heavy atom. The number of aryl methyl sites for hydroxylation is 1. The molecular weight excluding hydrogens is 374 g/mol. The third-order valence-corrected chi connectivity index (χ3v) is 6.91. The summed E-state index contributed by atoms with van der Waals surface area (Å²) in [6.07, 6.45) is 2.08. The van der Waals surface area contributed by atoms with Crippen LogP contribution >= 0.6 is 0 Å². The molecule has 2 amide bonds. The summed E-state index contributed by atoms with van der Waals surface area (Å²) in [6.45, 7) is 5.57. The summed E-state index contributed by atoms with van der Waals surface area (Å²) in [4.78, 5) is 30.6. The average Bonchev–Trinajstić information content (AvgIpc) is 3.46. The Labute approximate surface area is 176 Å². The van der Waals surface area contributed by atoms with Crippen LogP contribution in [0.15, 0.2) is 48.5 Å². The van der Waals surface area contributed by atoms with Crippen LogP contribution in [0.25, 0.3) is 10.9 Å². The molecule has 3 aromatic rings. The summed E-state index contributed by atoms with van der Waals surface area (Å²) < 4.78 is 2.18. The smallest absolute Gasteiger partial charge is 0.255 e. The maximum atomic E-state index is 13.5. The van der Waals surface area contributed by atoms with Crippen LogP contribution in [0.2, 0.25) is 0 Å². The van der Waals surface area contributed by atoms with E-state index in [9.17, 15) is 9.59 Å². The molecule has 2 atom stereocenters. The molecule has 1 aromatic heterocycles. The lowest BCUT2D eigenvalue weighted by molar-refractivity contribution is -0.134. The van der Waals surface area contributed by atoms with Gasteiger partial charge < -0.3 is 14.4 Å². The van der Waals surface area contributed by atoms with Gasteiger partial charge in [-0.05, 0) is 44.4 Å². The molecule has 0 saturated carbocycles. The summed E-state index contributed by atoms with van der Waals surface area (Å²) in [5.74, 6) is -0.000438. The maximum Gasteiger partial charge on any atom is 0.255 e. The highest BCUT2D eigenvalue weighted by molar-refractivity contribution is 6.03. The number of benzene rings is 2. The topological polar surface area (TPSA) is 45.6 Å². The number of nitrogens with zero attached hydrogens (tertiary/aromatic N) is 3. The van der Waals surface area contributed by atoms with E-state index >= 15 is 0 Å². The van der Waals surface area contributed by atoms with E-state index in [4.69, 9.17) is 0 Å². The first-order valence-corrected chi connectivity index (χ1v) is 10.7. The van der Waals surface area contributed by atoms with E-state index in [2.05, 4.69) is 30.7 Å². The largest absolute Gasteiger partial charge is 0.348 e. The van der Waals surface area contributed by atoms with Gasteiger partial charge in [0.1, 0.15) is 6.04 Å². The Hall–Kier alpha value is -3.08. The molecule has 30 heavy (non-hydrogen) atoms. The molecule has 2 unspecified atom stereocenters. The number of hydrogen-bond acceptors (Lipinski definition) is 2. The van der Waals surface area contributed by atoms with Crippen molar-refractivity contribution in [3.05, 3.63) is 70.9 Å². The quantitative estimate of drug-likeness (QED) is 0.665. The van der Waals surface area contributed by atoms with Crippen molar-refractivity contribution < 1.29 is 9.59 Å². The molecule has 2 aliphatic rings. The van der Waals surface area contributed by atoms with Crippen molar-refractivity contribution in [3.63, 3.8) is 0 Å². The molecule has 0 bridgehead atoms. The Morgan fingerprint density at radius 2 is 1.70 bits per heavy atom. The van der Waals surface area contributed by atoms with Crippen molar-refractivity contribution in [2.75, 3.05) is 13.1 Å². The van der Waals surface area contributed by atoms with E-state index < -0.39 is 6.04 Å². The normalized spacial score (nSPS) is 19.6. The fraction of sp³-hybridized carbons (Fsp3) is 0.360. The van der Waals surface area contributed by atoms with Crippen LogP contribution in [-0.4, -0.2) is 45.3 Å². The van der Waals surface area contributed by atoms with Gasteiger partial charge in [0.2, 0.25) is 5.91 Å². The molecule has 3 heterocycles. The predicted octanol–water partition coefficient (Wildman–Crippen LogP) is 4.04. The van der Waals surface area contributed by atoms with E-state index in [1.165, 1.54) is 0 Å². The van der Waals surface area contributed by atoms with Gasteiger partial charge in [-0.1, -0.05) is 36.4 Å². The lowest BCUT2D eigenvalue weighted by Gasteiger charge is -2.33. The third kappa shape index (κ3) is 2.61. The van der Waals surface area contributed by atoms with Crippen LogP contribution in [0, 0.1) is 6.92 Å². The molecule has 5 rings (SSSR count). The van der Waals surface area contributed by atoms with Gasteiger partial charge in [-0.2, -0.15) is 0 Å². The number of fused-ring (bicyclic) bond motifs is 2. The Kier molecular flexibility index (Phi) is 4.42. The van der Waals surface area contributed by atoms with Crippen LogP contribution in [0.4, 0.5) is 0 Å². The van der Waals surface area contributed by atoms with Gasteiger partial charge in [-0.3, -0.25) is 9.59 Å². The number of para-hydroxylation sites is 1. The second-order valence-electron chi connectivity index (χ2n) is 8.49. The van der Waals surface area contributed by atoms with E-state index in [0.29, 0.717) is 5.56 Å². The molecular formula is C25H27N3O2. The van der Waals surface area contributed by atoms with Gasteiger partial charge in [-0.25, -0.2) is 0 Å². The average molecular weight is 402 g/mol. The number of carbonyl (C=O) groups excluding carboxylic acids is 2. The highest BCUT2D eigenvalue weighted by Crippen LogP contribution is 2.44. The summed E-state index contributed by atoms with van der Waals surface area (Å²) in [6, 6.07) is 15.3. The van der Waals surface area contributed by atoms with Crippen molar-refractivity contribution in [1.29, 1.82) is 0 Å². The van der Waals surface area contributed by atoms with Gasteiger partial charge in [0.25, 0.3) is 5.91 Å². The molecule has 5 heteroatoms. The Bertz CT molecular complexity index is 1160. The minimum Gasteiger partial charge on any atom is -0.348 e. The summed E-state index contributed by atoms with van der Waals surface area (Å²) >= 11 is 0. The molecule has 1 saturated heterocycles. The zero-order chi connectivity index (χ0) is 21.0. The number of hydrogen-bond donors (Lipinski definition) is 0. The number of carbonyl (C=O) groups is 2. The summed E-state index contributed by atoms with van der Waals surface area (Å²) in [5, 5.41) is 1.14. The first-order valence-electron chi connectivity index (χ1n) is 10.7. The van der Waals surface area contributed by atoms with Crippen molar-refractivity contribution in [2.24, 2.45) is 7.05 Å². The fourth-order valence-electron chi connectivity index (χ4n) is 5.25. The summed E-state index contributed by atoms with van der Waals surface area (Å²) in [7, 11) is 2.06. The SMILES string of the molecule is Cc1c(C2c3ccccc3C(=O)N2C(C)C(=O)N2CCCC2)c2ccccc2n1C. The highest BCUT2D eigenvalue weighted by Gasteiger charge is 2.44. The maximum absolute atomic E-state index is 13.5. The monoisotopic (exact) mass is 401 g/mol. The van der Waals surface area contributed by atoms with E-state index in [0.717, 1.165) is 53.7 Å². The molecule has 0 N–H and O–H groups in total. The number of aromatic nitrogens is 1. The van der Waals surface area contributed by atoms with Gasteiger partial charge >= 0.3 is 0 Å². The van der Waals surface area contributed by atoms with E-state index in [-0.39, 0.29) is 17.9 Å². The van der Waals surface area contributed by atoms with Crippen molar-refractivity contribution in [3.8, 4) is 0 Å². The van der Waals surface area contributed by atoms with Gasteiger partial charge in [0, 0.05) is 47.9 Å². The molecule has 2 aromatic carbocycles. The Balaban J connectivity index is 1.69. The minimum atomic E-state index is -0.508. The van der Waals surface area contributed by atoms with Crippen molar-refractivity contribution in [2.45, 2.75) is 38.8 Å². The number of likely N-dealkylation sites (tertiary alicyclic amines) is 1. The molecule has 2 aliphatic heterocycles. The zero-order valence-electron chi connectivity index (χ0n) is 17.8. The van der Waals surface area contributed by atoms with Gasteiger partial charge in [0.15, 0.2) is 0 Å². The molecule has 1 fully saturated rings. The molecule has 0 aliphatic carbocycles. The van der Waals surface area contributed by atoms with Gasteiger partial charge in [0.05, 0.1) is 6.04 Å². The van der Waals surface area contributed by atoms with Crippen LogP contribution in [0.1, 0.15) is 53.0 Å². The van der Waals surface area contributed by atoms with Crippen LogP contribution in [0.5, 0.6) is 0 Å². The molecule has 154 valence electrons. The lowest BCUT2D eigenvalue weighted by atomic mass is 9.95. The van der Waals surface area contributed by atoms with Crippen molar-refractivity contribution >= 4 is 22.7 Å². The van der Waals surface area contributed by atoms with Gasteiger partial charge in [-0.15, -0.1) is 0 Å². The van der Waals surface area contributed by atoms with Crippen LogP contribution in [-0.2, 0) is 11.8 Å². The predicted molar refractivity (Wildman–Crippen MR) is 117 cm³/mol. The third-order valence-electron chi connectivity index (χ3n) is 6.91. The fourth-order valence-corrected chi connectivity index (χ4v) is 5.25. The first kappa shape index (κ1) is 18.9. The summed E-state index contributed by atoms with van der Waals surface area (Å²) in [5.41, 5.74) is 5.07. The minimum absolute atomic E-state index is 0.0524. The number of amides is 2. The van der Waals surface area contributed by atoms with Crippen LogP contribution in [0.3, 0.4) is 0 Å². The highest BCUT2D eigenvalue weighted by atomic mass is 16.2. The zero-order valence-corrected chi connectivity index (χ0v) is 17.8. The Morgan fingerprint density at radius 3 is 2.47 bits per heavy atom. The van der Waals surface area contributed by atoms with Crippen molar-refractivity contribution in [1.82, 2.24) is 14.4 Å². The molecule has 0 radical (unpaired) electrons. The second-order valence-corrected chi connectivity index (χ2v) is 8.49. The molecule has 5 nitrogen and oxygen atoms in total. The van der Waals surface area contributed by atoms with Crippen LogP contribution < -0.4 is 0 Å². The standard InChI is InChI=1S/C25H27N3O2/c1-16-22(20-12-6-7-13-21(20)26(16)3)23-18-10-4-5-11-19(18)25(30)28(23)17(2)24(29)27-14-8-9-15-27/h4-7,10-13,17,23H,8-9,14-15H2,1-3H3. The van der Waals surface area contributed by atoms with E-state index in [1.54, 1.807) is 0 Å². The first-order chi connectivity index (χ1) is 14.5. The lowest BCUT2D eigenvalue weighted by Crippen LogP contribution is -2.48. The number of rotatable bonds is 3. The second kappa shape index (κ2) is 7.01. The van der Waals surface area contributed by atoms with E-state index in [1.807, 2.05) is 53.1 Å².